The summed E-state index contributed by atoms with van der Waals surface area (Å²) in [5.74, 6) is 0.826. The standard InChI is InChI=1S/C20H24N2O5S/c1-15(27-18-7-5-6-17(14-18)26-2)20(23)21-16-8-10-19(11-9-16)28(24,25)22-12-3-4-13-22/h5-11,14-15H,3-4,12-13H2,1-2H3,(H,21,23). The topological polar surface area (TPSA) is 84.9 Å². The molecule has 1 amide bonds. The number of amides is 1. The first-order valence-corrected chi connectivity index (χ1v) is 10.6. The molecule has 0 aliphatic carbocycles. The van der Waals surface area contributed by atoms with Crippen LogP contribution in [-0.2, 0) is 14.8 Å². The monoisotopic (exact) mass is 404 g/mol. The molecule has 2 aromatic rings. The van der Waals surface area contributed by atoms with E-state index < -0.39 is 16.1 Å². The van der Waals surface area contributed by atoms with Gasteiger partial charge in [-0.05, 0) is 56.2 Å². The molecular formula is C20H24N2O5S. The number of rotatable bonds is 7. The molecule has 0 radical (unpaired) electrons. The lowest BCUT2D eigenvalue weighted by Crippen LogP contribution is -2.30. The molecule has 2 aromatic carbocycles. The van der Waals surface area contributed by atoms with Crippen molar-refractivity contribution in [3.63, 3.8) is 0 Å². The highest BCUT2D eigenvalue weighted by molar-refractivity contribution is 7.89. The van der Waals surface area contributed by atoms with Crippen LogP contribution in [0, 0.1) is 0 Å². The van der Waals surface area contributed by atoms with E-state index in [2.05, 4.69) is 5.32 Å². The van der Waals surface area contributed by atoms with Crippen LogP contribution in [0.5, 0.6) is 11.5 Å². The van der Waals surface area contributed by atoms with Gasteiger partial charge in [0.25, 0.3) is 5.91 Å². The first-order valence-electron chi connectivity index (χ1n) is 9.12. The molecule has 1 fully saturated rings. The van der Waals surface area contributed by atoms with Crippen LogP contribution in [0.1, 0.15) is 19.8 Å². The van der Waals surface area contributed by atoms with Crippen molar-refractivity contribution in [1.29, 1.82) is 0 Å². The van der Waals surface area contributed by atoms with E-state index in [4.69, 9.17) is 9.47 Å². The third-order valence-electron chi connectivity index (χ3n) is 4.55. The van der Waals surface area contributed by atoms with Crippen molar-refractivity contribution in [3.8, 4) is 11.5 Å². The Bertz CT molecular complexity index is 922. The third kappa shape index (κ3) is 4.63. The molecule has 0 spiro atoms. The Morgan fingerprint density at radius 2 is 1.71 bits per heavy atom. The number of carbonyl (C=O) groups is 1. The Labute approximate surface area is 165 Å². The van der Waals surface area contributed by atoms with Crippen LogP contribution >= 0.6 is 0 Å². The van der Waals surface area contributed by atoms with E-state index in [0.717, 1.165) is 12.8 Å². The molecular weight excluding hydrogens is 380 g/mol. The number of ether oxygens (including phenoxy) is 2. The maximum atomic E-state index is 12.5. The average molecular weight is 404 g/mol. The van der Waals surface area contributed by atoms with Gasteiger partial charge in [-0.25, -0.2) is 8.42 Å². The zero-order valence-corrected chi connectivity index (χ0v) is 16.7. The summed E-state index contributed by atoms with van der Waals surface area (Å²) in [7, 11) is -1.91. The summed E-state index contributed by atoms with van der Waals surface area (Å²) in [6, 6.07) is 13.2. The predicted molar refractivity (Wildman–Crippen MR) is 106 cm³/mol. The van der Waals surface area contributed by atoms with Gasteiger partial charge >= 0.3 is 0 Å². The highest BCUT2D eigenvalue weighted by atomic mass is 32.2. The second-order valence-corrected chi connectivity index (χ2v) is 8.50. The number of sulfonamides is 1. The maximum absolute atomic E-state index is 12.5. The van der Waals surface area contributed by atoms with Gasteiger partial charge in [-0.1, -0.05) is 6.07 Å². The fourth-order valence-corrected chi connectivity index (χ4v) is 4.48. The molecule has 28 heavy (non-hydrogen) atoms. The first kappa shape index (κ1) is 20.2. The molecule has 1 aliphatic rings. The van der Waals surface area contributed by atoms with Crippen molar-refractivity contribution in [1.82, 2.24) is 4.31 Å². The quantitative estimate of drug-likeness (QED) is 0.767. The molecule has 1 unspecified atom stereocenters. The number of hydrogen-bond acceptors (Lipinski definition) is 5. The van der Waals surface area contributed by atoms with Crippen molar-refractivity contribution in [3.05, 3.63) is 48.5 Å². The molecule has 1 atom stereocenters. The number of nitrogens with zero attached hydrogens (tertiary/aromatic N) is 1. The SMILES string of the molecule is COc1cccc(OC(C)C(=O)Nc2ccc(S(=O)(=O)N3CCCC3)cc2)c1. The maximum Gasteiger partial charge on any atom is 0.265 e. The van der Waals surface area contributed by atoms with Crippen molar-refractivity contribution in [2.75, 3.05) is 25.5 Å². The lowest BCUT2D eigenvalue weighted by atomic mass is 10.3. The van der Waals surface area contributed by atoms with Gasteiger partial charge in [0, 0.05) is 24.8 Å². The fourth-order valence-electron chi connectivity index (χ4n) is 2.96. The summed E-state index contributed by atoms with van der Waals surface area (Å²) in [5, 5.41) is 2.74. The third-order valence-corrected chi connectivity index (χ3v) is 6.46. The molecule has 0 bridgehead atoms. The lowest BCUT2D eigenvalue weighted by molar-refractivity contribution is -0.122. The van der Waals surface area contributed by atoms with Gasteiger partial charge in [0.1, 0.15) is 11.5 Å². The number of methoxy groups -OCH3 is 1. The molecule has 1 saturated heterocycles. The Morgan fingerprint density at radius 1 is 1.07 bits per heavy atom. The molecule has 7 nitrogen and oxygen atoms in total. The summed E-state index contributed by atoms with van der Waals surface area (Å²) in [6.07, 6.45) is 1.04. The van der Waals surface area contributed by atoms with E-state index >= 15 is 0 Å². The van der Waals surface area contributed by atoms with Crippen molar-refractivity contribution < 1.29 is 22.7 Å². The smallest absolute Gasteiger partial charge is 0.265 e. The van der Waals surface area contributed by atoms with Gasteiger partial charge in [0.15, 0.2) is 6.10 Å². The van der Waals surface area contributed by atoms with Crippen LogP contribution in [0.25, 0.3) is 0 Å². The van der Waals surface area contributed by atoms with E-state index in [-0.39, 0.29) is 10.8 Å². The largest absolute Gasteiger partial charge is 0.497 e. The Morgan fingerprint density at radius 3 is 2.36 bits per heavy atom. The van der Waals surface area contributed by atoms with Gasteiger partial charge in [-0.3, -0.25) is 4.79 Å². The molecule has 1 N–H and O–H groups in total. The van der Waals surface area contributed by atoms with Crippen LogP contribution < -0.4 is 14.8 Å². The number of benzene rings is 2. The number of nitrogens with one attached hydrogen (secondary N) is 1. The van der Waals surface area contributed by atoms with E-state index in [1.54, 1.807) is 50.4 Å². The van der Waals surface area contributed by atoms with Crippen LogP contribution in [0.15, 0.2) is 53.4 Å². The molecule has 1 aliphatic heterocycles. The van der Waals surface area contributed by atoms with Crippen LogP contribution in [-0.4, -0.2) is 44.9 Å². The van der Waals surface area contributed by atoms with E-state index in [1.165, 1.54) is 16.4 Å². The van der Waals surface area contributed by atoms with Crippen LogP contribution in [0.2, 0.25) is 0 Å². The number of hydrogen-bond donors (Lipinski definition) is 1. The van der Waals surface area contributed by atoms with Gasteiger partial charge in [0.05, 0.1) is 12.0 Å². The molecule has 8 heteroatoms. The second kappa shape index (κ2) is 8.62. The van der Waals surface area contributed by atoms with Crippen molar-refractivity contribution in [2.24, 2.45) is 0 Å². The lowest BCUT2D eigenvalue weighted by Gasteiger charge is -2.17. The highest BCUT2D eigenvalue weighted by Gasteiger charge is 2.27. The fraction of sp³-hybridized carbons (Fsp3) is 0.350. The normalized spacial score (nSPS) is 15.8. The Balaban J connectivity index is 1.62. The van der Waals surface area contributed by atoms with Crippen molar-refractivity contribution in [2.45, 2.75) is 30.8 Å². The van der Waals surface area contributed by atoms with E-state index in [1.807, 2.05) is 0 Å². The van der Waals surface area contributed by atoms with E-state index in [0.29, 0.717) is 30.3 Å². The second-order valence-electron chi connectivity index (χ2n) is 6.56. The van der Waals surface area contributed by atoms with Gasteiger partial charge in [0.2, 0.25) is 10.0 Å². The summed E-state index contributed by atoms with van der Waals surface area (Å²) >= 11 is 0. The minimum absolute atomic E-state index is 0.230. The zero-order chi connectivity index (χ0) is 20.1. The minimum Gasteiger partial charge on any atom is -0.497 e. The Hall–Kier alpha value is -2.58. The molecule has 0 aromatic heterocycles. The van der Waals surface area contributed by atoms with Gasteiger partial charge in [-0.2, -0.15) is 4.31 Å². The zero-order valence-electron chi connectivity index (χ0n) is 15.9. The molecule has 1 heterocycles. The van der Waals surface area contributed by atoms with Crippen molar-refractivity contribution >= 4 is 21.6 Å². The van der Waals surface area contributed by atoms with E-state index in [9.17, 15) is 13.2 Å². The molecule has 150 valence electrons. The van der Waals surface area contributed by atoms with Crippen LogP contribution in [0.3, 0.4) is 0 Å². The highest BCUT2D eigenvalue weighted by Crippen LogP contribution is 2.23. The average Bonchev–Trinajstić information content (AvgIpc) is 3.24. The van der Waals surface area contributed by atoms with Gasteiger partial charge in [-0.15, -0.1) is 0 Å². The Kier molecular flexibility index (Phi) is 6.21. The molecule has 0 saturated carbocycles. The predicted octanol–water partition coefficient (Wildman–Crippen LogP) is 2.89. The summed E-state index contributed by atoms with van der Waals surface area (Å²) < 4.78 is 37.3. The summed E-state index contributed by atoms with van der Waals surface area (Å²) in [4.78, 5) is 12.6. The first-order chi connectivity index (χ1) is 13.4. The summed E-state index contributed by atoms with van der Waals surface area (Å²) in [5.41, 5.74) is 0.506. The summed E-state index contributed by atoms with van der Waals surface area (Å²) in [6.45, 7) is 2.75. The van der Waals surface area contributed by atoms with Gasteiger partial charge < -0.3 is 14.8 Å². The number of carbonyl (C=O) groups excluding carboxylic acids is 1. The minimum atomic E-state index is -3.46. The van der Waals surface area contributed by atoms with Crippen LogP contribution in [0.4, 0.5) is 5.69 Å². The number of anilines is 1. The molecule has 3 rings (SSSR count).